The molecule has 2 aromatic rings. The first kappa shape index (κ1) is 9.46. The minimum atomic E-state index is 0.0278. The quantitative estimate of drug-likeness (QED) is 0.781. The number of aryl methyl sites for hydroxylation is 1. The van der Waals surface area contributed by atoms with Crippen molar-refractivity contribution in [3.63, 3.8) is 0 Å². The van der Waals surface area contributed by atoms with Crippen molar-refractivity contribution in [1.82, 2.24) is 4.98 Å². The van der Waals surface area contributed by atoms with E-state index in [2.05, 4.69) is 4.98 Å². The van der Waals surface area contributed by atoms with E-state index in [4.69, 9.17) is 4.74 Å². The summed E-state index contributed by atoms with van der Waals surface area (Å²) in [5.74, 6) is 0.879. The summed E-state index contributed by atoms with van der Waals surface area (Å²) >= 11 is 0. The molecule has 0 radical (unpaired) electrons. The average Bonchev–Trinajstić information content (AvgIpc) is 2.86. The van der Waals surface area contributed by atoms with Crippen molar-refractivity contribution in [1.29, 1.82) is 0 Å². The van der Waals surface area contributed by atoms with Gasteiger partial charge in [0.2, 0.25) is 0 Å². The molecule has 82 valence electrons. The minimum Gasteiger partial charge on any atom is -0.496 e. The maximum Gasteiger partial charge on any atom is 0.128 e. The smallest absolute Gasteiger partial charge is 0.128 e. The first-order chi connectivity index (χ1) is 7.85. The highest BCUT2D eigenvalue weighted by Crippen LogP contribution is 2.41. The molecule has 1 unspecified atom stereocenters. The molecule has 0 amide bonds. The standard InChI is InChI=1S/C13H13NO2/c1-16-11-4-2-3-9-13(11)12-8(7-15)5-6-10(12)14-9/h2-4,7-8,14H,5-6H2,1H3. The molecule has 1 heterocycles. The van der Waals surface area contributed by atoms with Crippen LogP contribution in [0.5, 0.6) is 5.75 Å². The summed E-state index contributed by atoms with van der Waals surface area (Å²) in [6, 6.07) is 5.93. The van der Waals surface area contributed by atoms with E-state index in [9.17, 15) is 4.79 Å². The molecule has 0 aliphatic heterocycles. The lowest BCUT2D eigenvalue weighted by molar-refractivity contribution is -0.109. The average molecular weight is 215 g/mol. The van der Waals surface area contributed by atoms with E-state index in [0.29, 0.717) is 0 Å². The number of ether oxygens (including phenoxy) is 1. The van der Waals surface area contributed by atoms with Gasteiger partial charge < -0.3 is 14.5 Å². The lowest BCUT2D eigenvalue weighted by Crippen LogP contribution is -1.94. The van der Waals surface area contributed by atoms with Gasteiger partial charge >= 0.3 is 0 Å². The van der Waals surface area contributed by atoms with Gasteiger partial charge in [0.1, 0.15) is 12.0 Å². The number of aldehydes is 1. The van der Waals surface area contributed by atoms with E-state index in [0.717, 1.165) is 41.3 Å². The first-order valence-electron chi connectivity index (χ1n) is 5.48. The van der Waals surface area contributed by atoms with Gasteiger partial charge in [0.25, 0.3) is 0 Å². The molecule has 3 heteroatoms. The Balaban J connectivity index is 2.35. The van der Waals surface area contributed by atoms with Crippen molar-refractivity contribution in [2.75, 3.05) is 7.11 Å². The van der Waals surface area contributed by atoms with E-state index in [1.165, 1.54) is 5.69 Å². The van der Waals surface area contributed by atoms with Crippen LogP contribution in [0.4, 0.5) is 0 Å². The number of aromatic nitrogens is 1. The molecule has 1 N–H and O–H groups in total. The fraction of sp³-hybridized carbons (Fsp3) is 0.308. The van der Waals surface area contributed by atoms with E-state index in [1.807, 2.05) is 18.2 Å². The van der Waals surface area contributed by atoms with Crippen LogP contribution in [-0.2, 0) is 11.2 Å². The second-order valence-electron chi connectivity index (χ2n) is 4.18. The van der Waals surface area contributed by atoms with Crippen LogP contribution in [0.3, 0.4) is 0 Å². The van der Waals surface area contributed by atoms with Crippen LogP contribution in [0.1, 0.15) is 23.6 Å². The fourth-order valence-corrected chi connectivity index (χ4v) is 2.65. The van der Waals surface area contributed by atoms with Crippen molar-refractivity contribution >= 4 is 17.2 Å². The Hall–Kier alpha value is -1.77. The second-order valence-corrected chi connectivity index (χ2v) is 4.18. The van der Waals surface area contributed by atoms with E-state index in [-0.39, 0.29) is 5.92 Å². The molecule has 3 rings (SSSR count). The molecule has 0 saturated carbocycles. The summed E-state index contributed by atoms with van der Waals surface area (Å²) in [6.45, 7) is 0. The fourth-order valence-electron chi connectivity index (χ4n) is 2.65. The first-order valence-corrected chi connectivity index (χ1v) is 5.48. The van der Waals surface area contributed by atoms with Gasteiger partial charge in [-0.1, -0.05) is 6.07 Å². The van der Waals surface area contributed by atoms with E-state index >= 15 is 0 Å². The third-order valence-electron chi connectivity index (χ3n) is 3.37. The molecular weight excluding hydrogens is 202 g/mol. The van der Waals surface area contributed by atoms with Gasteiger partial charge in [0.05, 0.1) is 7.11 Å². The van der Waals surface area contributed by atoms with Crippen LogP contribution in [0.2, 0.25) is 0 Å². The Morgan fingerprint density at radius 1 is 1.50 bits per heavy atom. The topological polar surface area (TPSA) is 42.1 Å². The molecule has 1 atom stereocenters. The Morgan fingerprint density at radius 2 is 2.38 bits per heavy atom. The van der Waals surface area contributed by atoms with Gasteiger partial charge in [0, 0.05) is 22.5 Å². The predicted octanol–water partition coefficient (Wildman–Crippen LogP) is 2.41. The number of aromatic amines is 1. The van der Waals surface area contributed by atoms with Crippen LogP contribution in [-0.4, -0.2) is 18.4 Å². The third kappa shape index (κ3) is 1.11. The second kappa shape index (κ2) is 3.37. The Kier molecular flexibility index (Phi) is 1.99. The number of carbonyl (C=O) groups is 1. The van der Waals surface area contributed by atoms with Crippen molar-refractivity contribution < 1.29 is 9.53 Å². The van der Waals surface area contributed by atoms with Crippen molar-refractivity contribution in [2.24, 2.45) is 0 Å². The molecule has 0 bridgehead atoms. The van der Waals surface area contributed by atoms with Gasteiger partial charge in [-0.05, 0) is 30.5 Å². The summed E-state index contributed by atoms with van der Waals surface area (Å²) in [5.41, 5.74) is 3.40. The summed E-state index contributed by atoms with van der Waals surface area (Å²) < 4.78 is 5.37. The highest BCUT2D eigenvalue weighted by atomic mass is 16.5. The van der Waals surface area contributed by atoms with Gasteiger partial charge in [-0.15, -0.1) is 0 Å². The Morgan fingerprint density at radius 3 is 3.12 bits per heavy atom. The van der Waals surface area contributed by atoms with Crippen LogP contribution in [0.25, 0.3) is 10.9 Å². The zero-order valence-corrected chi connectivity index (χ0v) is 9.12. The summed E-state index contributed by atoms with van der Waals surface area (Å²) in [5, 5.41) is 1.08. The van der Waals surface area contributed by atoms with Crippen molar-refractivity contribution in [3.05, 3.63) is 29.5 Å². The lowest BCUT2D eigenvalue weighted by atomic mass is 10.0. The molecule has 3 nitrogen and oxygen atoms in total. The molecule has 16 heavy (non-hydrogen) atoms. The van der Waals surface area contributed by atoms with Gasteiger partial charge in [-0.3, -0.25) is 0 Å². The number of H-pyrrole nitrogens is 1. The normalized spacial score (nSPS) is 18.7. The molecule has 1 aliphatic rings. The Bertz CT molecular complexity index is 556. The molecular formula is C13H13NO2. The summed E-state index contributed by atoms with van der Waals surface area (Å²) in [6.07, 6.45) is 2.92. The molecule has 0 saturated heterocycles. The highest BCUT2D eigenvalue weighted by molar-refractivity contribution is 5.94. The molecule has 1 aliphatic carbocycles. The zero-order chi connectivity index (χ0) is 11.1. The maximum atomic E-state index is 11.1. The number of fused-ring (bicyclic) bond motifs is 3. The SMILES string of the molecule is COc1cccc2[nH]c3c(c12)C(C=O)CC3. The highest BCUT2D eigenvalue weighted by Gasteiger charge is 2.27. The van der Waals surface area contributed by atoms with E-state index < -0.39 is 0 Å². The van der Waals surface area contributed by atoms with Crippen molar-refractivity contribution in [2.45, 2.75) is 18.8 Å². The van der Waals surface area contributed by atoms with Gasteiger partial charge in [0.15, 0.2) is 0 Å². The van der Waals surface area contributed by atoms with Crippen LogP contribution in [0.15, 0.2) is 18.2 Å². The number of carbonyl (C=O) groups excluding carboxylic acids is 1. The lowest BCUT2D eigenvalue weighted by Gasteiger charge is -2.06. The monoisotopic (exact) mass is 215 g/mol. The predicted molar refractivity (Wildman–Crippen MR) is 62.0 cm³/mol. The molecule has 1 aromatic heterocycles. The molecule has 0 spiro atoms. The van der Waals surface area contributed by atoms with Gasteiger partial charge in [-0.25, -0.2) is 0 Å². The number of benzene rings is 1. The zero-order valence-electron chi connectivity index (χ0n) is 9.12. The summed E-state index contributed by atoms with van der Waals surface area (Å²) in [4.78, 5) is 14.4. The van der Waals surface area contributed by atoms with Crippen LogP contribution >= 0.6 is 0 Å². The third-order valence-corrected chi connectivity index (χ3v) is 3.37. The van der Waals surface area contributed by atoms with Crippen molar-refractivity contribution in [3.8, 4) is 5.75 Å². The molecule has 0 fully saturated rings. The Labute approximate surface area is 93.4 Å². The maximum absolute atomic E-state index is 11.1. The number of hydrogen-bond acceptors (Lipinski definition) is 2. The van der Waals surface area contributed by atoms with Crippen LogP contribution in [0, 0.1) is 0 Å². The van der Waals surface area contributed by atoms with Crippen LogP contribution < -0.4 is 4.74 Å². The minimum absolute atomic E-state index is 0.0278. The molecule has 1 aromatic carbocycles. The van der Waals surface area contributed by atoms with E-state index in [1.54, 1.807) is 7.11 Å². The number of methoxy groups -OCH3 is 1. The number of rotatable bonds is 2. The largest absolute Gasteiger partial charge is 0.496 e. The number of nitrogens with one attached hydrogen (secondary N) is 1. The summed E-state index contributed by atoms with van der Waals surface area (Å²) in [7, 11) is 1.67. The van der Waals surface area contributed by atoms with Gasteiger partial charge in [-0.2, -0.15) is 0 Å². The number of hydrogen-bond donors (Lipinski definition) is 1.